The lowest BCUT2D eigenvalue weighted by Gasteiger charge is -2.12. The Hall–Kier alpha value is -4.25. The lowest BCUT2D eigenvalue weighted by molar-refractivity contribution is 0.102. The van der Waals surface area contributed by atoms with Crippen LogP contribution in [0.25, 0.3) is 28.0 Å². The standard InChI is InChI=1S/C33H33N3O2/c1-21-8-11-24(12-9-21)29-20-36-31(32(37)34-26-14-16-27(38-4)17-15-26)30(25-13-10-22(2)23(3)19-25)28-7-5-6-18-35(29)33(28)36/h8-17,19-20H,5-7,18H2,1-4H3,(H,34,37). The minimum absolute atomic E-state index is 0.113. The highest BCUT2D eigenvalue weighted by atomic mass is 16.5. The molecule has 192 valence electrons. The molecule has 1 N–H and O–H groups in total. The van der Waals surface area contributed by atoms with E-state index in [0.717, 1.165) is 59.7 Å². The molecule has 2 aromatic heterocycles. The SMILES string of the molecule is COc1ccc(NC(=O)c2c(-c3ccc(C)c(C)c3)c3c4n(c(-c5ccc(C)cc5)cn24)CCCC3)cc1. The Kier molecular flexibility index (Phi) is 6.07. The van der Waals surface area contributed by atoms with Gasteiger partial charge in [0.15, 0.2) is 0 Å². The highest BCUT2D eigenvalue weighted by Crippen LogP contribution is 2.40. The van der Waals surface area contributed by atoms with Crippen LogP contribution in [0.3, 0.4) is 0 Å². The average Bonchev–Trinajstić information content (AvgIpc) is 3.34. The summed E-state index contributed by atoms with van der Waals surface area (Å²) >= 11 is 0. The van der Waals surface area contributed by atoms with Gasteiger partial charge in [0.25, 0.3) is 5.91 Å². The monoisotopic (exact) mass is 503 g/mol. The van der Waals surface area contributed by atoms with Crippen molar-refractivity contribution in [2.45, 2.75) is 46.6 Å². The number of benzene rings is 3. The molecule has 1 aliphatic rings. The van der Waals surface area contributed by atoms with Gasteiger partial charge in [0, 0.05) is 29.6 Å². The first kappa shape index (κ1) is 24.1. The number of methoxy groups -OCH3 is 1. The van der Waals surface area contributed by atoms with Crippen molar-refractivity contribution in [2.24, 2.45) is 0 Å². The van der Waals surface area contributed by atoms with E-state index < -0.39 is 0 Å². The quantitative estimate of drug-likeness (QED) is 0.268. The highest BCUT2D eigenvalue weighted by Gasteiger charge is 2.29. The maximum absolute atomic E-state index is 14.1. The molecule has 3 heterocycles. The minimum Gasteiger partial charge on any atom is -0.497 e. The normalized spacial score (nSPS) is 12.9. The fourth-order valence-electron chi connectivity index (χ4n) is 5.64. The fourth-order valence-corrected chi connectivity index (χ4v) is 5.64. The molecule has 1 amide bonds. The van der Waals surface area contributed by atoms with Crippen LogP contribution in [-0.4, -0.2) is 22.0 Å². The van der Waals surface area contributed by atoms with E-state index in [-0.39, 0.29) is 5.91 Å². The summed E-state index contributed by atoms with van der Waals surface area (Å²) in [4.78, 5) is 14.1. The van der Waals surface area contributed by atoms with E-state index in [2.05, 4.69) is 83.7 Å². The fraction of sp³-hybridized carbons (Fsp3) is 0.242. The van der Waals surface area contributed by atoms with Crippen molar-refractivity contribution in [1.29, 1.82) is 0 Å². The lowest BCUT2D eigenvalue weighted by atomic mass is 9.95. The molecular formula is C33H33N3O2. The lowest BCUT2D eigenvalue weighted by Crippen LogP contribution is -2.15. The van der Waals surface area contributed by atoms with Crippen LogP contribution in [-0.2, 0) is 13.0 Å². The summed E-state index contributed by atoms with van der Waals surface area (Å²) in [6, 6.07) is 22.7. The van der Waals surface area contributed by atoms with Crippen LogP contribution < -0.4 is 10.1 Å². The van der Waals surface area contributed by atoms with Crippen molar-refractivity contribution in [1.82, 2.24) is 8.97 Å². The van der Waals surface area contributed by atoms with E-state index >= 15 is 0 Å². The van der Waals surface area contributed by atoms with E-state index in [4.69, 9.17) is 4.74 Å². The molecule has 5 heteroatoms. The number of carbonyl (C=O) groups excluding carboxylic acids is 1. The number of carbonyl (C=O) groups is 1. The summed E-state index contributed by atoms with van der Waals surface area (Å²) in [6.07, 6.45) is 5.30. The largest absolute Gasteiger partial charge is 0.497 e. The summed E-state index contributed by atoms with van der Waals surface area (Å²) in [5.74, 6) is 0.644. The Morgan fingerprint density at radius 3 is 2.32 bits per heavy atom. The number of hydrogen-bond donors (Lipinski definition) is 1. The summed E-state index contributed by atoms with van der Waals surface area (Å²) in [7, 11) is 1.64. The Morgan fingerprint density at radius 2 is 1.61 bits per heavy atom. The minimum atomic E-state index is -0.113. The van der Waals surface area contributed by atoms with Crippen LogP contribution in [0.15, 0.2) is 72.9 Å². The molecule has 0 saturated carbocycles. The third-order valence-electron chi connectivity index (χ3n) is 7.84. The van der Waals surface area contributed by atoms with Gasteiger partial charge in [-0.2, -0.15) is 0 Å². The maximum Gasteiger partial charge on any atom is 0.273 e. The highest BCUT2D eigenvalue weighted by molar-refractivity contribution is 6.10. The second-order valence-electron chi connectivity index (χ2n) is 10.4. The van der Waals surface area contributed by atoms with Gasteiger partial charge in [-0.1, -0.05) is 48.0 Å². The first-order valence-corrected chi connectivity index (χ1v) is 13.3. The van der Waals surface area contributed by atoms with Gasteiger partial charge in [0.1, 0.15) is 17.1 Å². The van der Waals surface area contributed by atoms with Gasteiger partial charge in [-0.15, -0.1) is 0 Å². The number of rotatable bonds is 5. The first-order valence-electron chi connectivity index (χ1n) is 13.3. The number of hydrogen-bond acceptors (Lipinski definition) is 2. The van der Waals surface area contributed by atoms with E-state index in [9.17, 15) is 4.79 Å². The van der Waals surface area contributed by atoms with Crippen LogP contribution in [0, 0.1) is 20.8 Å². The number of ether oxygens (including phenoxy) is 1. The molecule has 0 bridgehead atoms. The van der Waals surface area contributed by atoms with Gasteiger partial charge in [-0.25, -0.2) is 0 Å². The van der Waals surface area contributed by atoms with Gasteiger partial charge in [-0.3, -0.25) is 9.20 Å². The number of aromatic nitrogens is 2. The summed E-state index contributed by atoms with van der Waals surface area (Å²) in [6.45, 7) is 7.31. The molecule has 0 unspecified atom stereocenters. The molecule has 0 atom stereocenters. The molecule has 5 nitrogen and oxygen atoms in total. The number of nitrogens with one attached hydrogen (secondary N) is 1. The second kappa shape index (κ2) is 9.56. The van der Waals surface area contributed by atoms with Crippen molar-refractivity contribution < 1.29 is 9.53 Å². The van der Waals surface area contributed by atoms with Crippen molar-refractivity contribution in [3.8, 4) is 28.1 Å². The zero-order valence-electron chi connectivity index (χ0n) is 22.5. The number of nitrogens with zero attached hydrogens (tertiary/aromatic N) is 2. The van der Waals surface area contributed by atoms with Crippen LogP contribution in [0.4, 0.5) is 5.69 Å². The molecule has 3 aromatic carbocycles. The molecule has 38 heavy (non-hydrogen) atoms. The van der Waals surface area contributed by atoms with Crippen molar-refractivity contribution in [3.63, 3.8) is 0 Å². The van der Waals surface area contributed by atoms with Gasteiger partial charge < -0.3 is 14.6 Å². The van der Waals surface area contributed by atoms with Crippen molar-refractivity contribution >= 4 is 17.2 Å². The molecule has 6 rings (SSSR count). The topological polar surface area (TPSA) is 47.7 Å². The van der Waals surface area contributed by atoms with Crippen molar-refractivity contribution in [3.05, 3.63) is 101 Å². The number of aryl methyl sites for hydroxylation is 5. The predicted molar refractivity (Wildman–Crippen MR) is 154 cm³/mol. The second-order valence-corrected chi connectivity index (χ2v) is 10.4. The molecule has 5 aromatic rings. The average molecular weight is 504 g/mol. The molecular weight excluding hydrogens is 470 g/mol. The van der Waals surface area contributed by atoms with Crippen LogP contribution in [0.5, 0.6) is 5.75 Å². The molecule has 0 radical (unpaired) electrons. The number of imidazole rings is 1. The Morgan fingerprint density at radius 1 is 0.868 bits per heavy atom. The summed E-state index contributed by atoms with van der Waals surface area (Å²) in [5, 5.41) is 3.16. The molecule has 1 aliphatic heterocycles. The van der Waals surface area contributed by atoms with Gasteiger partial charge in [0.2, 0.25) is 0 Å². The van der Waals surface area contributed by atoms with E-state index in [1.165, 1.54) is 27.8 Å². The van der Waals surface area contributed by atoms with Crippen LogP contribution in [0.1, 0.15) is 45.6 Å². The van der Waals surface area contributed by atoms with Gasteiger partial charge in [0.05, 0.1) is 12.8 Å². The third-order valence-corrected chi connectivity index (χ3v) is 7.84. The Balaban J connectivity index is 1.59. The summed E-state index contributed by atoms with van der Waals surface area (Å²) in [5.41, 5.74) is 12.0. The number of amides is 1. The first-order chi connectivity index (χ1) is 18.4. The van der Waals surface area contributed by atoms with Crippen LogP contribution in [0.2, 0.25) is 0 Å². The maximum atomic E-state index is 14.1. The van der Waals surface area contributed by atoms with Gasteiger partial charge >= 0.3 is 0 Å². The van der Waals surface area contributed by atoms with E-state index in [0.29, 0.717) is 5.69 Å². The smallest absolute Gasteiger partial charge is 0.273 e. The third kappa shape index (κ3) is 4.08. The Labute approximate surface area is 223 Å². The van der Waals surface area contributed by atoms with Gasteiger partial charge in [-0.05, 0) is 86.6 Å². The van der Waals surface area contributed by atoms with Crippen LogP contribution >= 0.6 is 0 Å². The summed E-state index contributed by atoms with van der Waals surface area (Å²) < 4.78 is 9.85. The molecule has 0 aliphatic carbocycles. The van der Waals surface area contributed by atoms with E-state index in [1.807, 2.05) is 24.3 Å². The molecule has 0 fully saturated rings. The zero-order chi connectivity index (χ0) is 26.4. The molecule has 0 spiro atoms. The molecule has 0 saturated heterocycles. The zero-order valence-corrected chi connectivity index (χ0v) is 22.5. The predicted octanol–water partition coefficient (Wildman–Crippen LogP) is 7.60. The number of anilines is 1. The van der Waals surface area contributed by atoms with E-state index in [1.54, 1.807) is 7.11 Å². The Bertz CT molecular complexity index is 1650. The van der Waals surface area contributed by atoms with Crippen molar-refractivity contribution in [2.75, 3.05) is 12.4 Å².